The third-order valence-corrected chi connectivity index (χ3v) is 4.54. The van der Waals surface area contributed by atoms with Gasteiger partial charge in [-0.1, -0.05) is 74.0 Å². The molecule has 1 aliphatic rings. The molecule has 2 aromatic carbocycles. The first-order valence-corrected chi connectivity index (χ1v) is 9.17. The lowest BCUT2D eigenvalue weighted by Crippen LogP contribution is -2.54. The van der Waals surface area contributed by atoms with Crippen LogP contribution in [0, 0.1) is 5.92 Å². The van der Waals surface area contributed by atoms with E-state index in [1.807, 2.05) is 60.7 Å². The minimum Gasteiger partial charge on any atom is -0.297 e. The predicted molar refractivity (Wildman–Crippen MR) is 99.5 cm³/mol. The normalized spacial score (nSPS) is 20.3. The smallest absolute Gasteiger partial charge is 0.251 e. The molecule has 1 saturated heterocycles. The fourth-order valence-electron chi connectivity index (χ4n) is 3.14. The second-order valence-corrected chi connectivity index (χ2v) is 6.55. The number of nitrogens with zero attached hydrogens (tertiary/aromatic N) is 1. The van der Waals surface area contributed by atoms with Gasteiger partial charge in [0.05, 0.1) is 31.7 Å². The molecule has 0 saturated carbocycles. The summed E-state index contributed by atoms with van der Waals surface area (Å²) in [7, 11) is 0. The molecule has 5 heteroatoms. The Labute approximate surface area is 154 Å². The van der Waals surface area contributed by atoms with Crippen LogP contribution in [0.4, 0.5) is 0 Å². The van der Waals surface area contributed by atoms with Crippen molar-refractivity contribution in [1.82, 2.24) is 10.5 Å². The zero-order valence-electron chi connectivity index (χ0n) is 15.1. The molecule has 0 aliphatic carbocycles. The van der Waals surface area contributed by atoms with Gasteiger partial charge >= 0.3 is 0 Å². The van der Waals surface area contributed by atoms with Crippen molar-refractivity contribution in [3.8, 4) is 0 Å². The van der Waals surface area contributed by atoms with Crippen molar-refractivity contribution in [3.05, 3.63) is 71.8 Å². The van der Waals surface area contributed by atoms with Crippen molar-refractivity contribution in [3.63, 3.8) is 0 Å². The van der Waals surface area contributed by atoms with E-state index in [9.17, 15) is 4.79 Å². The molecule has 1 N–H and O–H groups in total. The summed E-state index contributed by atoms with van der Waals surface area (Å²) in [5.41, 5.74) is 5.19. The summed E-state index contributed by atoms with van der Waals surface area (Å²) in [6.07, 6.45) is 1.74. The molecule has 0 unspecified atom stereocenters. The predicted octanol–water partition coefficient (Wildman–Crippen LogP) is 3.47. The standard InChI is InChI=1S/C21H26N2O3/c1-2-9-19-20(22-25-15-18-12-7-4-8-13-18)16-26-23(21(19)24)14-17-10-5-3-6-11-17/h3-8,10-13,19-20,22H,2,9,14-16H2,1H3/t19-,20-/m0/s1. The lowest BCUT2D eigenvalue weighted by atomic mass is 9.93. The maximum absolute atomic E-state index is 12.9. The van der Waals surface area contributed by atoms with Gasteiger partial charge in [-0.25, -0.2) is 5.06 Å². The van der Waals surface area contributed by atoms with Crippen LogP contribution in [-0.2, 0) is 27.6 Å². The Hall–Kier alpha value is -2.21. The number of amides is 1. The molecule has 1 heterocycles. The lowest BCUT2D eigenvalue weighted by Gasteiger charge is -2.37. The van der Waals surface area contributed by atoms with Gasteiger partial charge in [0, 0.05) is 0 Å². The van der Waals surface area contributed by atoms with E-state index < -0.39 is 0 Å². The summed E-state index contributed by atoms with van der Waals surface area (Å²) < 4.78 is 0. The molecule has 2 atom stereocenters. The van der Waals surface area contributed by atoms with Crippen LogP contribution in [0.2, 0.25) is 0 Å². The molecule has 1 fully saturated rings. The van der Waals surface area contributed by atoms with Gasteiger partial charge in [-0.2, -0.15) is 5.48 Å². The molecule has 0 aromatic heterocycles. The molecule has 1 aliphatic heterocycles. The zero-order valence-corrected chi connectivity index (χ0v) is 15.1. The molecular weight excluding hydrogens is 328 g/mol. The SMILES string of the molecule is CCC[C@@H]1C(=O)N(Cc2ccccc2)OC[C@@H]1NOCc1ccccc1. The average molecular weight is 354 g/mol. The van der Waals surface area contributed by atoms with E-state index in [1.165, 1.54) is 5.06 Å². The van der Waals surface area contributed by atoms with Gasteiger partial charge in [0.1, 0.15) is 0 Å². The van der Waals surface area contributed by atoms with Gasteiger partial charge in [0.2, 0.25) is 0 Å². The van der Waals surface area contributed by atoms with Crippen molar-refractivity contribution in [2.24, 2.45) is 5.92 Å². The number of rotatable bonds is 8. The molecule has 2 aromatic rings. The molecule has 0 bridgehead atoms. The van der Waals surface area contributed by atoms with Gasteiger partial charge in [0.15, 0.2) is 0 Å². The third kappa shape index (κ3) is 4.91. The number of hydrogen-bond donors (Lipinski definition) is 1. The van der Waals surface area contributed by atoms with E-state index >= 15 is 0 Å². The average Bonchev–Trinajstić information content (AvgIpc) is 2.68. The maximum atomic E-state index is 12.9. The summed E-state index contributed by atoms with van der Waals surface area (Å²) in [6, 6.07) is 19.7. The highest BCUT2D eigenvalue weighted by Crippen LogP contribution is 2.23. The summed E-state index contributed by atoms with van der Waals surface area (Å²) in [6.45, 7) is 3.43. The Morgan fingerprint density at radius 1 is 1.08 bits per heavy atom. The Morgan fingerprint density at radius 2 is 1.73 bits per heavy atom. The Bertz CT molecular complexity index is 678. The van der Waals surface area contributed by atoms with Gasteiger partial charge in [-0.15, -0.1) is 0 Å². The summed E-state index contributed by atoms with van der Waals surface area (Å²) in [5.74, 6) is -0.129. The summed E-state index contributed by atoms with van der Waals surface area (Å²) >= 11 is 0. The zero-order chi connectivity index (χ0) is 18.2. The van der Waals surface area contributed by atoms with Crippen LogP contribution in [0.5, 0.6) is 0 Å². The van der Waals surface area contributed by atoms with Crippen LogP contribution >= 0.6 is 0 Å². The minimum absolute atomic E-state index is 0.0164. The first-order valence-electron chi connectivity index (χ1n) is 9.17. The Kier molecular flexibility index (Phi) is 6.77. The number of carbonyl (C=O) groups excluding carboxylic acids is 1. The highest BCUT2D eigenvalue weighted by Gasteiger charge is 2.37. The minimum atomic E-state index is -0.145. The molecule has 1 amide bonds. The number of carbonyl (C=O) groups is 1. The van der Waals surface area contributed by atoms with E-state index in [1.54, 1.807) is 0 Å². The van der Waals surface area contributed by atoms with Crippen LogP contribution in [0.1, 0.15) is 30.9 Å². The number of nitrogens with one attached hydrogen (secondary N) is 1. The first-order chi connectivity index (χ1) is 12.8. The maximum Gasteiger partial charge on any atom is 0.251 e. The first kappa shape index (κ1) is 18.6. The van der Waals surface area contributed by atoms with Crippen molar-refractivity contribution >= 4 is 5.91 Å². The summed E-state index contributed by atoms with van der Waals surface area (Å²) in [5, 5.41) is 1.49. The quantitative estimate of drug-likeness (QED) is 0.738. The van der Waals surface area contributed by atoms with Gasteiger partial charge in [-0.3, -0.25) is 14.5 Å². The number of benzene rings is 2. The van der Waals surface area contributed by atoms with E-state index in [0.29, 0.717) is 19.8 Å². The second-order valence-electron chi connectivity index (χ2n) is 6.55. The second kappa shape index (κ2) is 9.48. The Balaban J connectivity index is 1.56. The number of hydrogen-bond acceptors (Lipinski definition) is 4. The van der Waals surface area contributed by atoms with Gasteiger partial charge in [0.25, 0.3) is 5.91 Å². The molecule has 5 nitrogen and oxygen atoms in total. The highest BCUT2D eigenvalue weighted by molar-refractivity contribution is 5.79. The van der Waals surface area contributed by atoms with E-state index in [2.05, 4.69) is 12.4 Å². The fourth-order valence-corrected chi connectivity index (χ4v) is 3.14. The number of hydroxylamine groups is 3. The topological polar surface area (TPSA) is 50.8 Å². The monoisotopic (exact) mass is 354 g/mol. The van der Waals surface area contributed by atoms with Crippen molar-refractivity contribution in [2.45, 2.75) is 39.0 Å². The molecule has 0 radical (unpaired) electrons. The lowest BCUT2D eigenvalue weighted by molar-refractivity contribution is -0.223. The fraction of sp³-hybridized carbons (Fsp3) is 0.381. The summed E-state index contributed by atoms with van der Waals surface area (Å²) in [4.78, 5) is 24.2. The van der Waals surface area contributed by atoms with Crippen molar-refractivity contribution in [1.29, 1.82) is 0 Å². The van der Waals surface area contributed by atoms with E-state index in [-0.39, 0.29) is 17.9 Å². The third-order valence-electron chi connectivity index (χ3n) is 4.54. The molecule has 138 valence electrons. The van der Waals surface area contributed by atoms with Crippen molar-refractivity contribution in [2.75, 3.05) is 6.61 Å². The largest absolute Gasteiger partial charge is 0.297 e. The Morgan fingerprint density at radius 3 is 2.38 bits per heavy atom. The van der Waals surface area contributed by atoms with Gasteiger partial charge in [-0.05, 0) is 17.5 Å². The van der Waals surface area contributed by atoms with Crippen molar-refractivity contribution < 1.29 is 14.5 Å². The van der Waals surface area contributed by atoms with Crippen LogP contribution in [0.15, 0.2) is 60.7 Å². The molecule has 0 spiro atoms. The van der Waals surface area contributed by atoms with Crippen LogP contribution in [-0.4, -0.2) is 23.6 Å². The van der Waals surface area contributed by atoms with Crippen LogP contribution in [0.3, 0.4) is 0 Å². The van der Waals surface area contributed by atoms with E-state index in [4.69, 9.17) is 9.68 Å². The van der Waals surface area contributed by atoms with E-state index in [0.717, 1.165) is 24.0 Å². The molecule has 3 rings (SSSR count). The van der Waals surface area contributed by atoms with Crippen LogP contribution < -0.4 is 5.48 Å². The molecule has 26 heavy (non-hydrogen) atoms. The van der Waals surface area contributed by atoms with Crippen LogP contribution in [0.25, 0.3) is 0 Å². The molecular formula is C21H26N2O3. The van der Waals surface area contributed by atoms with Gasteiger partial charge < -0.3 is 0 Å². The highest BCUT2D eigenvalue weighted by atomic mass is 16.7.